The van der Waals surface area contributed by atoms with E-state index in [4.69, 9.17) is 17.0 Å². The van der Waals surface area contributed by atoms with Crippen LogP contribution >= 0.6 is 12.2 Å². The van der Waals surface area contributed by atoms with Crippen LogP contribution in [0.15, 0.2) is 78.9 Å². The normalized spacial score (nSPS) is 10.3. The van der Waals surface area contributed by atoms with Crippen molar-refractivity contribution in [3.8, 4) is 5.75 Å². The van der Waals surface area contributed by atoms with Gasteiger partial charge in [0.05, 0.1) is 6.61 Å². The molecule has 0 heterocycles. The summed E-state index contributed by atoms with van der Waals surface area (Å²) in [6, 6.07) is 22.0. The SMILES string of the molecule is CC(C)CCOc1cccc(C(=O)NC(=S)NNC(=O)c2ccc(NC(=O)c3ccccc3)cc2)c1. The van der Waals surface area contributed by atoms with Crippen molar-refractivity contribution in [2.45, 2.75) is 20.3 Å². The van der Waals surface area contributed by atoms with Crippen molar-refractivity contribution in [1.82, 2.24) is 16.2 Å². The molecule has 9 heteroatoms. The largest absolute Gasteiger partial charge is 0.494 e. The molecule has 36 heavy (non-hydrogen) atoms. The molecule has 0 aliphatic carbocycles. The third kappa shape index (κ3) is 8.21. The van der Waals surface area contributed by atoms with Crippen molar-refractivity contribution >= 4 is 40.7 Å². The van der Waals surface area contributed by atoms with Crippen molar-refractivity contribution < 1.29 is 19.1 Å². The maximum atomic E-state index is 12.5. The quantitative estimate of drug-likeness (QED) is 0.269. The highest BCUT2D eigenvalue weighted by atomic mass is 32.1. The van der Waals surface area contributed by atoms with Gasteiger partial charge in [0, 0.05) is 22.4 Å². The number of carbonyl (C=O) groups is 3. The number of nitrogens with one attached hydrogen (secondary N) is 4. The molecule has 0 unspecified atom stereocenters. The van der Waals surface area contributed by atoms with Crippen LogP contribution in [0.3, 0.4) is 0 Å². The fourth-order valence-electron chi connectivity index (χ4n) is 3.03. The van der Waals surface area contributed by atoms with E-state index in [9.17, 15) is 14.4 Å². The summed E-state index contributed by atoms with van der Waals surface area (Å²) in [6.07, 6.45) is 0.912. The van der Waals surface area contributed by atoms with Crippen molar-refractivity contribution in [1.29, 1.82) is 0 Å². The number of hydrogen-bond acceptors (Lipinski definition) is 5. The molecule has 0 radical (unpaired) electrons. The summed E-state index contributed by atoms with van der Waals surface area (Å²) in [7, 11) is 0. The molecule has 0 saturated carbocycles. The Morgan fingerprint density at radius 2 is 1.44 bits per heavy atom. The van der Waals surface area contributed by atoms with Gasteiger partial charge in [0.1, 0.15) is 5.75 Å². The Balaban J connectivity index is 1.46. The van der Waals surface area contributed by atoms with Crippen LogP contribution in [0.1, 0.15) is 51.3 Å². The van der Waals surface area contributed by atoms with Gasteiger partial charge in [0.2, 0.25) is 0 Å². The zero-order chi connectivity index (χ0) is 25.9. The summed E-state index contributed by atoms with van der Waals surface area (Å²) in [5.74, 6) is -0.0293. The average molecular weight is 505 g/mol. The van der Waals surface area contributed by atoms with Crippen molar-refractivity contribution in [3.63, 3.8) is 0 Å². The van der Waals surface area contributed by atoms with Gasteiger partial charge in [-0.25, -0.2) is 0 Å². The Hall–Kier alpha value is -4.24. The summed E-state index contributed by atoms with van der Waals surface area (Å²) in [5.41, 5.74) is 6.73. The second-order valence-corrected chi connectivity index (χ2v) is 8.73. The molecular formula is C27H28N4O4S. The van der Waals surface area contributed by atoms with Gasteiger partial charge in [0.25, 0.3) is 17.7 Å². The average Bonchev–Trinajstić information content (AvgIpc) is 2.88. The number of ether oxygens (including phenoxy) is 1. The Morgan fingerprint density at radius 1 is 0.778 bits per heavy atom. The Morgan fingerprint density at radius 3 is 2.14 bits per heavy atom. The third-order valence-corrected chi connectivity index (χ3v) is 5.22. The third-order valence-electron chi connectivity index (χ3n) is 5.02. The first kappa shape index (κ1) is 26.4. The predicted molar refractivity (Wildman–Crippen MR) is 143 cm³/mol. The number of benzene rings is 3. The van der Waals surface area contributed by atoms with E-state index in [-0.39, 0.29) is 11.0 Å². The molecule has 3 aromatic rings. The first-order valence-corrected chi connectivity index (χ1v) is 11.8. The minimum absolute atomic E-state index is 0.0637. The lowest BCUT2D eigenvalue weighted by Crippen LogP contribution is -2.48. The van der Waals surface area contributed by atoms with Gasteiger partial charge in [-0.05, 0) is 79.2 Å². The zero-order valence-corrected chi connectivity index (χ0v) is 20.9. The molecule has 0 saturated heterocycles. The van der Waals surface area contributed by atoms with E-state index in [1.54, 1.807) is 72.8 Å². The minimum atomic E-state index is -0.465. The molecule has 0 aliphatic rings. The Labute approximate surface area is 215 Å². The Bertz CT molecular complexity index is 1210. The fourth-order valence-corrected chi connectivity index (χ4v) is 3.17. The molecule has 3 aromatic carbocycles. The second kappa shape index (κ2) is 13.0. The monoisotopic (exact) mass is 504 g/mol. The number of hydrogen-bond donors (Lipinski definition) is 4. The molecule has 0 aromatic heterocycles. The van der Waals surface area contributed by atoms with Gasteiger partial charge in [-0.2, -0.15) is 0 Å². The second-order valence-electron chi connectivity index (χ2n) is 8.32. The number of anilines is 1. The van der Waals surface area contributed by atoms with E-state index in [1.165, 1.54) is 0 Å². The van der Waals surface area contributed by atoms with Gasteiger partial charge < -0.3 is 10.1 Å². The molecule has 0 bridgehead atoms. The Kier molecular flexibility index (Phi) is 9.53. The molecule has 186 valence electrons. The highest BCUT2D eigenvalue weighted by Crippen LogP contribution is 2.15. The molecule has 4 N–H and O–H groups in total. The van der Waals surface area contributed by atoms with E-state index in [2.05, 4.69) is 35.3 Å². The summed E-state index contributed by atoms with van der Waals surface area (Å²) in [5, 5.41) is 5.22. The maximum Gasteiger partial charge on any atom is 0.269 e. The molecule has 0 atom stereocenters. The van der Waals surface area contributed by atoms with E-state index >= 15 is 0 Å². The first-order chi connectivity index (χ1) is 17.3. The van der Waals surface area contributed by atoms with Crippen LogP contribution in [0.2, 0.25) is 0 Å². The van der Waals surface area contributed by atoms with Crippen LogP contribution in [-0.2, 0) is 0 Å². The molecule has 0 spiro atoms. The van der Waals surface area contributed by atoms with Crippen LogP contribution in [0.25, 0.3) is 0 Å². The van der Waals surface area contributed by atoms with Crippen molar-refractivity contribution in [2.24, 2.45) is 5.92 Å². The number of thiocarbonyl (C=S) groups is 1. The van der Waals surface area contributed by atoms with Crippen LogP contribution in [0.4, 0.5) is 5.69 Å². The highest BCUT2D eigenvalue weighted by molar-refractivity contribution is 7.80. The minimum Gasteiger partial charge on any atom is -0.494 e. The van der Waals surface area contributed by atoms with E-state index < -0.39 is 11.8 Å². The number of rotatable bonds is 8. The lowest BCUT2D eigenvalue weighted by molar-refractivity contribution is 0.0934. The van der Waals surface area contributed by atoms with Crippen molar-refractivity contribution in [3.05, 3.63) is 95.6 Å². The maximum absolute atomic E-state index is 12.5. The van der Waals surface area contributed by atoms with Gasteiger partial charge in [-0.15, -0.1) is 0 Å². The summed E-state index contributed by atoms with van der Waals surface area (Å²) in [4.78, 5) is 37.1. The van der Waals surface area contributed by atoms with Crippen LogP contribution in [0, 0.1) is 5.92 Å². The fraction of sp³-hybridized carbons (Fsp3) is 0.185. The lowest BCUT2D eigenvalue weighted by Gasteiger charge is -2.12. The molecule has 3 amide bonds. The summed E-state index contributed by atoms with van der Waals surface area (Å²) in [6.45, 7) is 4.79. The first-order valence-electron chi connectivity index (χ1n) is 11.4. The number of carbonyl (C=O) groups excluding carboxylic acids is 3. The number of hydrazine groups is 1. The number of amides is 3. The summed E-state index contributed by atoms with van der Waals surface area (Å²) >= 11 is 5.11. The molecule has 0 aliphatic heterocycles. The standard InChI is InChI=1S/C27H28N4O4S/c1-18(2)15-16-35-23-10-6-9-21(17-23)25(33)29-27(36)31-30-26(34)20-11-13-22(14-12-20)28-24(32)19-7-4-3-5-8-19/h3-14,17-18H,15-16H2,1-2H3,(H,28,32)(H,30,34)(H2,29,31,33,36). The molecule has 3 rings (SSSR count). The smallest absolute Gasteiger partial charge is 0.269 e. The van der Waals surface area contributed by atoms with Gasteiger partial charge >= 0.3 is 0 Å². The van der Waals surface area contributed by atoms with Gasteiger partial charge in [-0.3, -0.25) is 30.6 Å². The molecule has 8 nitrogen and oxygen atoms in total. The van der Waals surface area contributed by atoms with E-state index in [0.29, 0.717) is 40.7 Å². The van der Waals surface area contributed by atoms with Crippen LogP contribution in [0.5, 0.6) is 5.75 Å². The predicted octanol–water partition coefficient (Wildman–Crippen LogP) is 4.31. The van der Waals surface area contributed by atoms with E-state index in [1.807, 2.05) is 6.07 Å². The topological polar surface area (TPSA) is 109 Å². The molecular weight excluding hydrogens is 476 g/mol. The van der Waals surface area contributed by atoms with Crippen LogP contribution in [-0.4, -0.2) is 29.4 Å². The molecule has 0 fully saturated rings. The summed E-state index contributed by atoms with van der Waals surface area (Å²) < 4.78 is 5.68. The van der Waals surface area contributed by atoms with E-state index in [0.717, 1.165) is 6.42 Å². The zero-order valence-electron chi connectivity index (χ0n) is 20.0. The van der Waals surface area contributed by atoms with Gasteiger partial charge in [0.15, 0.2) is 5.11 Å². The van der Waals surface area contributed by atoms with Gasteiger partial charge in [-0.1, -0.05) is 38.1 Å². The van der Waals surface area contributed by atoms with Crippen molar-refractivity contribution in [2.75, 3.05) is 11.9 Å². The lowest BCUT2D eigenvalue weighted by atomic mass is 10.1. The van der Waals surface area contributed by atoms with Crippen LogP contribution < -0.4 is 26.2 Å². The highest BCUT2D eigenvalue weighted by Gasteiger charge is 2.11.